The number of carbonyl (C=O) groups excluding carboxylic acids is 1. The topological polar surface area (TPSA) is 94.8 Å². The smallest absolute Gasteiger partial charge is 0.257 e. The highest BCUT2D eigenvalue weighted by atomic mass is 19.1. The van der Waals surface area contributed by atoms with Gasteiger partial charge in [-0.15, -0.1) is 0 Å². The Morgan fingerprint density at radius 1 is 1.14 bits per heavy atom. The molecule has 2 aromatic carbocycles. The van der Waals surface area contributed by atoms with Crippen LogP contribution < -0.4 is 16.2 Å². The minimum Gasteiger partial charge on any atom is -0.390 e. The number of carbonyl (C=O) groups is 1. The van der Waals surface area contributed by atoms with Crippen LogP contribution in [-0.4, -0.2) is 41.8 Å². The van der Waals surface area contributed by atoms with Gasteiger partial charge in [0, 0.05) is 42.0 Å². The van der Waals surface area contributed by atoms with Crippen LogP contribution in [0.3, 0.4) is 0 Å². The lowest BCUT2D eigenvalue weighted by Gasteiger charge is -2.33. The Bertz CT molecular complexity index is 1450. The average Bonchev–Trinajstić information content (AvgIpc) is 3.30. The molecule has 1 aromatic heterocycles. The van der Waals surface area contributed by atoms with Gasteiger partial charge in [0.15, 0.2) is 0 Å². The van der Waals surface area contributed by atoms with Gasteiger partial charge < -0.3 is 20.5 Å². The van der Waals surface area contributed by atoms with E-state index >= 15 is 0 Å². The first-order valence-electron chi connectivity index (χ1n) is 12.1. The standard InChI is InChI=1S/C28H28FN5O2/c1-18(28(36)34-13-10-21-15-22(29)6-7-25(21)34)14-26(31-17-30)33-11-8-19(9-12-33)23-16-20-4-2-3-5-24(20)32-27(23)35/h2-7,14-17,19H,1,8-13H2,(H2,30,31)(H,32,35)/b26-14+. The van der Waals surface area contributed by atoms with Crippen LogP contribution in [0, 0.1) is 5.82 Å². The summed E-state index contributed by atoms with van der Waals surface area (Å²) in [5.41, 5.74) is 8.99. The first kappa shape index (κ1) is 23.5. The van der Waals surface area contributed by atoms with E-state index in [1.807, 2.05) is 30.3 Å². The molecule has 0 radical (unpaired) electrons. The summed E-state index contributed by atoms with van der Waals surface area (Å²) in [5.74, 6) is 0.127. The van der Waals surface area contributed by atoms with Crippen molar-refractivity contribution < 1.29 is 9.18 Å². The van der Waals surface area contributed by atoms with Crippen LogP contribution in [0.4, 0.5) is 10.1 Å². The molecule has 0 spiro atoms. The fourth-order valence-corrected chi connectivity index (χ4v) is 5.15. The highest BCUT2D eigenvalue weighted by molar-refractivity contribution is 6.08. The van der Waals surface area contributed by atoms with Crippen LogP contribution in [0.15, 0.2) is 82.4 Å². The summed E-state index contributed by atoms with van der Waals surface area (Å²) in [6.45, 7) is 5.78. The molecule has 2 aliphatic heterocycles. The molecule has 0 bridgehead atoms. The van der Waals surface area contributed by atoms with Crippen molar-refractivity contribution in [2.45, 2.75) is 25.2 Å². The number of H-pyrrole nitrogens is 1. The largest absolute Gasteiger partial charge is 0.390 e. The summed E-state index contributed by atoms with van der Waals surface area (Å²) < 4.78 is 13.6. The maximum Gasteiger partial charge on any atom is 0.257 e. The van der Waals surface area contributed by atoms with Gasteiger partial charge in [0.2, 0.25) is 0 Å². The van der Waals surface area contributed by atoms with E-state index in [9.17, 15) is 14.0 Å². The van der Waals surface area contributed by atoms with Crippen LogP contribution in [-0.2, 0) is 11.2 Å². The van der Waals surface area contributed by atoms with Crippen LogP contribution in [0.1, 0.15) is 29.9 Å². The van der Waals surface area contributed by atoms with Crippen LogP contribution in [0.25, 0.3) is 10.9 Å². The number of nitrogens with one attached hydrogen (secondary N) is 1. The van der Waals surface area contributed by atoms with E-state index in [-0.39, 0.29) is 28.8 Å². The fourth-order valence-electron chi connectivity index (χ4n) is 5.15. The molecule has 8 heteroatoms. The molecule has 184 valence electrons. The minimum atomic E-state index is -0.310. The van der Waals surface area contributed by atoms with Crippen molar-refractivity contribution in [3.63, 3.8) is 0 Å². The average molecular weight is 486 g/mol. The Balaban J connectivity index is 1.30. The Morgan fingerprint density at radius 2 is 1.92 bits per heavy atom. The van der Waals surface area contributed by atoms with Crippen molar-refractivity contribution in [2.24, 2.45) is 10.7 Å². The number of halogens is 1. The summed E-state index contributed by atoms with van der Waals surface area (Å²) in [6, 6.07) is 14.2. The molecule has 1 fully saturated rings. The lowest BCUT2D eigenvalue weighted by atomic mass is 9.89. The summed E-state index contributed by atoms with van der Waals surface area (Å²) in [7, 11) is 0. The number of nitrogens with zero attached hydrogens (tertiary/aromatic N) is 3. The molecule has 36 heavy (non-hydrogen) atoms. The Hall–Kier alpha value is -4.20. The monoisotopic (exact) mass is 485 g/mol. The number of aromatic amines is 1. The highest BCUT2D eigenvalue weighted by Gasteiger charge is 2.28. The molecule has 1 saturated heterocycles. The molecule has 3 heterocycles. The molecule has 0 saturated carbocycles. The second kappa shape index (κ2) is 9.81. The number of piperidine rings is 1. The van der Waals surface area contributed by atoms with E-state index in [2.05, 4.69) is 21.5 Å². The molecule has 3 aromatic rings. The van der Waals surface area contributed by atoms with E-state index < -0.39 is 0 Å². The van der Waals surface area contributed by atoms with Crippen molar-refractivity contribution in [1.82, 2.24) is 9.88 Å². The lowest BCUT2D eigenvalue weighted by Crippen LogP contribution is -2.34. The van der Waals surface area contributed by atoms with E-state index in [0.29, 0.717) is 37.6 Å². The van der Waals surface area contributed by atoms with Gasteiger partial charge in [-0.25, -0.2) is 9.38 Å². The molecule has 0 aliphatic carbocycles. The Morgan fingerprint density at radius 3 is 2.69 bits per heavy atom. The third kappa shape index (κ3) is 4.54. The van der Waals surface area contributed by atoms with Gasteiger partial charge in [0.1, 0.15) is 11.6 Å². The van der Waals surface area contributed by atoms with E-state index in [0.717, 1.165) is 34.9 Å². The number of pyridine rings is 1. The number of amides is 1. The summed E-state index contributed by atoms with van der Waals surface area (Å²) in [6.07, 6.45) is 4.99. The molecule has 5 rings (SSSR count). The van der Waals surface area contributed by atoms with Crippen molar-refractivity contribution >= 4 is 28.8 Å². The first-order valence-corrected chi connectivity index (χ1v) is 12.1. The van der Waals surface area contributed by atoms with Crippen molar-refractivity contribution in [3.05, 3.63) is 99.9 Å². The number of likely N-dealkylation sites (tertiary alicyclic amines) is 1. The third-order valence-corrected chi connectivity index (χ3v) is 7.01. The molecule has 0 unspecified atom stereocenters. The van der Waals surface area contributed by atoms with Gasteiger partial charge in [0.25, 0.3) is 11.5 Å². The molecule has 1 amide bonds. The van der Waals surface area contributed by atoms with Crippen LogP contribution in [0.2, 0.25) is 0 Å². The third-order valence-electron chi connectivity index (χ3n) is 7.01. The maximum atomic E-state index is 13.6. The zero-order valence-corrected chi connectivity index (χ0v) is 19.9. The van der Waals surface area contributed by atoms with Gasteiger partial charge >= 0.3 is 0 Å². The minimum absolute atomic E-state index is 0.0485. The van der Waals surface area contributed by atoms with E-state index in [1.165, 1.54) is 18.5 Å². The lowest BCUT2D eigenvalue weighted by molar-refractivity contribution is -0.114. The van der Waals surface area contributed by atoms with Gasteiger partial charge in [-0.2, -0.15) is 0 Å². The zero-order chi connectivity index (χ0) is 25.2. The molecule has 0 atom stereocenters. The summed E-state index contributed by atoms with van der Waals surface area (Å²) >= 11 is 0. The number of aromatic nitrogens is 1. The van der Waals surface area contributed by atoms with Gasteiger partial charge in [-0.1, -0.05) is 24.8 Å². The SMILES string of the molecule is C=C(/C=C(\N=CN)N1CCC(c2cc3ccccc3[nH]c2=O)CC1)C(=O)N1CCc2cc(F)ccc21. The second-order valence-corrected chi connectivity index (χ2v) is 9.19. The second-order valence-electron chi connectivity index (χ2n) is 9.19. The number of nitrogens with two attached hydrogens (primary N) is 1. The van der Waals surface area contributed by atoms with Crippen LogP contribution in [0.5, 0.6) is 0 Å². The number of anilines is 1. The predicted molar refractivity (Wildman–Crippen MR) is 140 cm³/mol. The number of rotatable bonds is 5. The molecular formula is C28H28FN5O2. The Labute approximate surface area is 208 Å². The number of hydrogen-bond donors (Lipinski definition) is 2. The van der Waals surface area contributed by atoms with Crippen molar-refractivity contribution in [3.8, 4) is 0 Å². The van der Waals surface area contributed by atoms with E-state index in [4.69, 9.17) is 5.73 Å². The summed E-state index contributed by atoms with van der Waals surface area (Å²) in [4.78, 5) is 36.8. The molecular weight excluding hydrogens is 457 g/mol. The molecule has 7 nitrogen and oxygen atoms in total. The first-order chi connectivity index (χ1) is 17.4. The van der Waals surface area contributed by atoms with Crippen molar-refractivity contribution in [1.29, 1.82) is 0 Å². The zero-order valence-electron chi connectivity index (χ0n) is 19.9. The number of hydrogen-bond acceptors (Lipinski definition) is 4. The van der Waals surface area contributed by atoms with Gasteiger partial charge in [-0.05, 0) is 72.5 Å². The number of benzene rings is 2. The fraction of sp³-hybridized carbons (Fsp3) is 0.250. The Kier molecular flexibility index (Phi) is 6.41. The van der Waals surface area contributed by atoms with E-state index in [1.54, 1.807) is 17.0 Å². The van der Waals surface area contributed by atoms with Gasteiger partial charge in [-0.3, -0.25) is 9.59 Å². The highest BCUT2D eigenvalue weighted by Crippen LogP contribution is 2.31. The quantitative estimate of drug-likeness (QED) is 0.249. The molecule has 2 aliphatic rings. The van der Waals surface area contributed by atoms with Crippen molar-refractivity contribution in [2.75, 3.05) is 24.5 Å². The van der Waals surface area contributed by atoms with Crippen LogP contribution >= 0.6 is 0 Å². The number of para-hydroxylation sites is 1. The summed E-state index contributed by atoms with van der Waals surface area (Å²) in [5, 5.41) is 1.02. The predicted octanol–water partition coefficient (Wildman–Crippen LogP) is 3.82. The number of fused-ring (bicyclic) bond motifs is 2. The normalized spacial score (nSPS) is 16.6. The molecule has 3 N–H and O–H groups in total. The number of aliphatic imine (C=N–C) groups is 1. The maximum absolute atomic E-state index is 13.6. The van der Waals surface area contributed by atoms with Gasteiger partial charge in [0.05, 0.1) is 6.34 Å².